The van der Waals surface area contributed by atoms with Gasteiger partial charge in [-0.1, -0.05) is 0 Å². The van der Waals surface area contributed by atoms with Crippen LogP contribution in [0.5, 0.6) is 0 Å². The van der Waals surface area contributed by atoms with E-state index in [1.165, 1.54) is 0 Å². The fraction of sp³-hybridized carbons (Fsp3) is 1.00. The summed E-state index contributed by atoms with van der Waals surface area (Å²) in [6.07, 6.45) is 0. The van der Waals surface area contributed by atoms with Crippen LogP contribution in [0.15, 0.2) is 0 Å². The highest BCUT2D eigenvalue weighted by Crippen LogP contribution is 1.86. The fourth-order valence-electron chi connectivity index (χ4n) is 0.269. The Labute approximate surface area is 59.9 Å². The second-order valence-corrected chi connectivity index (χ2v) is 1.31. The van der Waals surface area contributed by atoms with E-state index in [4.69, 9.17) is 5.02 Å². The minimum atomic E-state index is -1.47. The van der Waals surface area contributed by atoms with Crippen molar-refractivity contribution in [2.45, 2.75) is 13.8 Å². The van der Waals surface area contributed by atoms with Crippen molar-refractivity contribution in [3.05, 3.63) is 0 Å². The Bertz CT molecular complexity index is 62.7. The lowest BCUT2D eigenvalue weighted by Gasteiger charge is -2.03. The summed E-state index contributed by atoms with van der Waals surface area (Å²) in [5, 5.41) is 8.62. The van der Waals surface area contributed by atoms with Gasteiger partial charge in [0.1, 0.15) is 0 Å². The molecule has 6 heteroatoms. The van der Waals surface area contributed by atoms with Crippen molar-refractivity contribution in [2.75, 3.05) is 13.2 Å². The zero-order valence-corrected chi connectivity index (χ0v) is 6.07. The molecule has 0 aromatic carbocycles. The van der Waals surface area contributed by atoms with Gasteiger partial charge in [0.2, 0.25) is 0 Å². The summed E-state index contributed by atoms with van der Waals surface area (Å²) in [4.78, 5) is 17.1. The van der Waals surface area contributed by atoms with Gasteiger partial charge < -0.3 is 5.02 Å². The molecule has 0 amide bonds. The van der Waals surface area contributed by atoms with Crippen LogP contribution in [0.4, 0.5) is 0 Å². The number of rotatable bonds is 6. The highest BCUT2D eigenvalue weighted by molar-refractivity contribution is 6.33. The van der Waals surface area contributed by atoms with E-state index >= 15 is 0 Å². The van der Waals surface area contributed by atoms with Gasteiger partial charge in [-0.15, -0.1) is 0 Å². The largest absolute Gasteiger partial charge is 0.694 e. The summed E-state index contributed by atoms with van der Waals surface area (Å²) in [5.41, 5.74) is 0. The van der Waals surface area contributed by atoms with Gasteiger partial charge in [-0.3, -0.25) is 0 Å². The average molecular weight is 150 g/mol. The van der Waals surface area contributed by atoms with Crippen LogP contribution in [0.3, 0.4) is 0 Å². The molecule has 0 saturated heterocycles. The lowest BCUT2D eigenvalue weighted by Crippen LogP contribution is -2.22. The quantitative estimate of drug-likeness (QED) is 0.325. The van der Waals surface area contributed by atoms with E-state index in [0.29, 0.717) is 13.2 Å². The Morgan fingerprint density at radius 3 is 1.80 bits per heavy atom. The Hall–Kier alpha value is -0.135. The Balaban J connectivity index is 3.00. The van der Waals surface area contributed by atoms with Gasteiger partial charge in [-0.2, -0.15) is 0 Å². The molecule has 0 spiro atoms. The number of hydrogen-bond donors (Lipinski definition) is 1. The first-order valence-corrected chi connectivity index (χ1v) is 3.05. The van der Waals surface area contributed by atoms with Crippen molar-refractivity contribution in [3.8, 4) is 0 Å². The maximum atomic E-state index is 8.62. The molecule has 0 aliphatic carbocycles. The first-order valence-electron chi connectivity index (χ1n) is 3.05. The third-order valence-electron chi connectivity index (χ3n) is 0.536. The topological polar surface area (TPSA) is 57.2 Å². The molecule has 0 atom stereocenters. The molecule has 0 aromatic rings. The molecule has 0 unspecified atom stereocenters. The van der Waals surface area contributed by atoms with Gasteiger partial charge in [-0.25, -0.2) is 19.4 Å². The van der Waals surface area contributed by atoms with Crippen molar-refractivity contribution in [2.24, 2.45) is 0 Å². The standard InChI is InChI=1S/C4H11BO5/c1-3-7-9-5(6)10-8-4-2/h6H,3-4H2,1-2H3. The minimum Gasteiger partial charge on any atom is -0.399 e. The van der Waals surface area contributed by atoms with Crippen molar-refractivity contribution < 1.29 is 24.4 Å². The van der Waals surface area contributed by atoms with Crippen LogP contribution < -0.4 is 0 Å². The summed E-state index contributed by atoms with van der Waals surface area (Å²) in [7, 11) is -1.47. The molecular weight excluding hydrogens is 139 g/mol. The van der Waals surface area contributed by atoms with Crippen molar-refractivity contribution >= 4 is 7.32 Å². The predicted molar refractivity (Wildman–Crippen MR) is 33.4 cm³/mol. The van der Waals surface area contributed by atoms with Crippen LogP contribution in [-0.2, 0) is 19.4 Å². The summed E-state index contributed by atoms with van der Waals surface area (Å²) >= 11 is 0. The van der Waals surface area contributed by atoms with E-state index in [2.05, 4.69) is 19.4 Å². The van der Waals surface area contributed by atoms with Gasteiger partial charge in [-0.05, 0) is 13.8 Å². The highest BCUT2D eigenvalue weighted by Gasteiger charge is 2.17. The first-order chi connectivity index (χ1) is 4.81. The highest BCUT2D eigenvalue weighted by atomic mass is 17.3. The molecule has 0 radical (unpaired) electrons. The van der Waals surface area contributed by atoms with E-state index < -0.39 is 7.32 Å². The first kappa shape index (κ1) is 9.86. The van der Waals surface area contributed by atoms with Crippen LogP contribution in [0.1, 0.15) is 13.8 Å². The van der Waals surface area contributed by atoms with Gasteiger partial charge in [0.25, 0.3) is 0 Å². The second-order valence-electron chi connectivity index (χ2n) is 1.31. The summed E-state index contributed by atoms with van der Waals surface area (Å²) in [5.74, 6) is 0. The second kappa shape index (κ2) is 6.98. The van der Waals surface area contributed by atoms with Gasteiger partial charge in [0.05, 0.1) is 13.2 Å². The predicted octanol–water partition coefficient (Wildman–Crippen LogP) is -0.100. The molecule has 0 aliphatic rings. The third kappa shape index (κ3) is 5.99. The molecule has 0 heterocycles. The smallest absolute Gasteiger partial charge is 0.399 e. The average Bonchev–Trinajstić information content (AvgIpc) is 1.97. The maximum Gasteiger partial charge on any atom is 0.694 e. The van der Waals surface area contributed by atoms with Gasteiger partial charge in [0, 0.05) is 0 Å². The zero-order valence-electron chi connectivity index (χ0n) is 6.07. The third-order valence-corrected chi connectivity index (χ3v) is 0.536. The molecule has 0 saturated carbocycles. The molecule has 1 N–H and O–H groups in total. The van der Waals surface area contributed by atoms with Crippen LogP contribution in [0.2, 0.25) is 0 Å². The molecule has 0 aliphatic heterocycles. The van der Waals surface area contributed by atoms with Crippen LogP contribution in [0.25, 0.3) is 0 Å². The van der Waals surface area contributed by atoms with Gasteiger partial charge in [0.15, 0.2) is 0 Å². The summed E-state index contributed by atoms with van der Waals surface area (Å²) < 4.78 is 0. The maximum absolute atomic E-state index is 8.62. The van der Waals surface area contributed by atoms with E-state index in [1.807, 2.05) is 0 Å². The zero-order chi connectivity index (χ0) is 7.82. The van der Waals surface area contributed by atoms with Gasteiger partial charge >= 0.3 is 7.32 Å². The van der Waals surface area contributed by atoms with E-state index in [-0.39, 0.29) is 0 Å². The summed E-state index contributed by atoms with van der Waals surface area (Å²) in [6.45, 7) is 4.11. The monoisotopic (exact) mass is 150 g/mol. The minimum absolute atomic E-state index is 0.340. The Morgan fingerprint density at radius 2 is 1.50 bits per heavy atom. The molecule has 5 nitrogen and oxygen atoms in total. The van der Waals surface area contributed by atoms with E-state index in [1.54, 1.807) is 13.8 Å². The van der Waals surface area contributed by atoms with Crippen molar-refractivity contribution in [3.63, 3.8) is 0 Å². The molecular formula is C4H11BO5. The van der Waals surface area contributed by atoms with Crippen LogP contribution >= 0.6 is 0 Å². The van der Waals surface area contributed by atoms with E-state index in [0.717, 1.165) is 0 Å². The SMILES string of the molecule is CCOOB(O)OOCC. The van der Waals surface area contributed by atoms with Crippen molar-refractivity contribution in [1.82, 2.24) is 0 Å². The Kier molecular flexibility index (Phi) is 6.88. The van der Waals surface area contributed by atoms with Crippen LogP contribution in [0, 0.1) is 0 Å². The molecule has 60 valence electrons. The number of hydrogen-bond acceptors (Lipinski definition) is 5. The molecule has 0 bridgehead atoms. The Morgan fingerprint density at radius 1 is 1.10 bits per heavy atom. The van der Waals surface area contributed by atoms with Crippen LogP contribution in [-0.4, -0.2) is 25.6 Å². The lowest BCUT2D eigenvalue weighted by atomic mass is 10.3. The normalized spacial score (nSPS) is 9.90. The fourth-order valence-corrected chi connectivity index (χ4v) is 0.269. The molecule has 10 heavy (non-hydrogen) atoms. The van der Waals surface area contributed by atoms with Crippen molar-refractivity contribution in [1.29, 1.82) is 0 Å². The van der Waals surface area contributed by atoms with E-state index in [9.17, 15) is 0 Å². The molecule has 0 aromatic heterocycles. The summed E-state index contributed by atoms with van der Waals surface area (Å²) in [6, 6.07) is 0. The molecule has 0 fully saturated rings. The lowest BCUT2D eigenvalue weighted by molar-refractivity contribution is -0.294. The molecule has 0 rings (SSSR count).